The summed E-state index contributed by atoms with van der Waals surface area (Å²) in [5, 5.41) is 3.58. The summed E-state index contributed by atoms with van der Waals surface area (Å²) in [4.78, 5) is 0. The molecule has 14 heavy (non-hydrogen) atoms. The molecule has 0 radical (unpaired) electrons. The molecule has 2 atom stereocenters. The Morgan fingerprint density at radius 1 is 1.57 bits per heavy atom. The van der Waals surface area contributed by atoms with E-state index < -0.39 is 0 Å². The SMILES string of the molecule is CC#CCCNC1(CN)CCC(C)C1. The summed E-state index contributed by atoms with van der Waals surface area (Å²) < 4.78 is 0. The Morgan fingerprint density at radius 3 is 2.86 bits per heavy atom. The van der Waals surface area contributed by atoms with Gasteiger partial charge in [-0.05, 0) is 32.1 Å². The molecular weight excluding hydrogens is 172 g/mol. The van der Waals surface area contributed by atoms with E-state index in [9.17, 15) is 0 Å². The average molecular weight is 194 g/mol. The van der Waals surface area contributed by atoms with Gasteiger partial charge in [0.1, 0.15) is 0 Å². The zero-order valence-corrected chi connectivity index (χ0v) is 9.40. The Morgan fingerprint density at radius 2 is 2.36 bits per heavy atom. The van der Waals surface area contributed by atoms with E-state index in [-0.39, 0.29) is 5.54 Å². The van der Waals surface area contributed by atoms with Crippen LogP contribution in [-0.4, -0.2) is 18.6 Å². The standard InChI is InChI=1S/C12H22N2/c1-3-4-5-8-14-12(10-13)7-6-11(2)9-12/h11,14H,5-10,13H2,1-2H3. The highest BCUT2D eigenvalue weighted by atomic mass is 15.0. The Hall–Kier alpha value is -0.520. The molecule has 1 saturated carbocycles. The first kappa shape index (κ1) is 11.6. The van der Waals surface area contributed by atoms with Gasteiger partial charge in [0.15, 0.2) is 0 Å². The van der Waals surface area contributed by atoms with Crippen LogP contribution >= 0.6 is 0 Å². The predicted molar refractivity (Wildman–Crippen MR) is 60.9 cm³/mol. The molecule has 0 heterocycles. The molecule has 2 heteroatoms. The van der Waals surface area contributed by atoms with Gasteiger partial charge in [0, 0.05) is 25.0 Å². The van der Waals surface area contributed by atoms with Crippen molar-refractivity contribution in [3.8, 4) is 11.8 Å². The molecule has 0 spiro atoms. The fourth-order valence-electron chi connectivity index (χ4n) is 2.33. The minimum atomic E-state index is 0.217. The molecule has 0 aromatic carbocycles. The molecule has 0 bridgehead atoms. The molecule has 1 rings (SSSR count). The van der Waals surface area contributed by atoms with Crippen molar-refractivity contribution >= 4 is 0 Å². The van der Waals surface area contributed by atoms with E-state index in [1.165, 1.54) is 19.3 Å². The fourth-order valence-corrected chi connectivity index (χ4v) is 2.33. The lowest BCUT2D eigenvalue weighted by Gasteiger charge is -2.29. The molecule has 1 fully saturated rings. The van der Waals surface area contributed by atoms with Gasteiger partial charge < -0.3 is 11.1 Å². The van der Waals surface area contributed by atoms with Gasteiger partial charge in [-0.1, -0.05) is 6.92 Å². The summed E-state index contributed by atoms with van der Waals surface area (Å²) in [6.07, 6.45) is 4.70. The van der Waals surface area contributed by atoms with Crippen molar-refractivity contribution in [2.75, 3.05) is 13.1 Å². The van der Waals surface area contributed by atoms with Crippen molar-refractivity contribution in [2.45, 2.75) is 45.1 Å². The number of nitrogens with one attached hydrogen (secondary N) is 1. The van der Waals surface area contributed by atoms with E-state index >= 15 is 0 Å². The van der Waals surface area contributed by atoms with Crippen LogP contribution in [0.4, 0.5) is 0 Å². The van der Waals surface area contributed by atoms with Crippen LogP contribution in [0.15, 0.2) is 0 Å². The van der Waals surface area contributed by atoms with E-state index in [1.54, 1.807) is 0 Å². The highest BCUT2D eigenvalue weighted by molar-refractivity contribution is 4.99. The zero-order valence-electron chi connectivity index (χ0n) is 9.40. The van der Waals surface area contributed by atoms with Gasteiger partial charge in [0.2, 0.25) is 0 Å². The molecule has 0 saturated heterocycles. The molecule has 0 amide bonds. The summed E-state index contributed by atoms with van der Waals surface area (Å²) in [5.41, 5.74) is 6.06. The lowest BCUT2D eigenvalue weighted by atomic mass is 9.96. The number of hydrogen-bond acceptors (Lipinski definition) is 2. The molecule has 1 aliphatic rings. The van der Waals surface area contributed by atoms with Crippen LogP contribution in [0.5, 0.6) is 0 Å². The predicted octanol–water partition coefficient (Wildman–Crippen LogP) is 1.51. The Labute approximate surface area is 87.6 Å². The van der Waals surface area contributed by atoms with Crippen LogP contribution in [0.2, 0.25) is 0 Å². The number of hydrogen-bond donors (Lipinski definition) is 2. The number of nitrogens with two attached hydrogens (primary N) is 1. The normalized spacial score (nSPS) is 31.2. The van der Waals surface area contributed by atoms with Gasteiger partial charge in [-0.3, -0.25) is 0 Å². The molecule has 0 aromatic rings. The summed E-state index contributed by atoms with van der Waals surface area (Å²) in [6, 6.07) is 0. The second-order valence-corrected chi connectivity index (χ2v) is 4.44. The van der Waals surface area contributed by atoms with Gasteiger partial charge in [-0.25, -0.2) is 0 Å². The minimum Gasteiger partial charge on any atom is -0.329 e. The third-order valence-electron chi connectivity index (χ3n) is 3.17. The molecule has 80 valence electrons. The van der Waals surface area contributed by atoms with Crippen LogP contribution < -0.4 is 11.1 Å². The highest BCUT2D eigenvalue weighted by Crippen LogP contribution is 2.33. The Bertz CT molecular complexity index is 226. The lowest BCUT2D eigenvalue weighted by molar-refractivity contribution is 0.335. The summed E-state index contributed by atoms with van der Waals surface area (Å²) >= 11 is 0. The highest BCUT2D eigenvalue weighted by Gasteiger charge is 2.35. The van der Waals surface area contributed by atoms with Gasteiger partial charge in [0.25, 0.3) is 0 Å². The molecule has 3 N–H and O–H groups in total. The first-order valence-electron chi connectivity index (χ1n) is 5.57. The van der Waals surface area contributed by atoms with Crippen molar-refractivity contribution in [1.82, 2.24) is 5.32 Å². The van der Waals surface area contributed by atoms with Crippen LogP contribution in [0.3, 0.4) is 0 Å². The monoisotopic (exact) mass is 194 g/mol. The summed E-state index contributed by atoms with van der Waals surface area (Å²) in [6.45, 7) is 5.93. The van der Waals surface area contributed by atoms with E-state index in [0.717, 1.165) is 25.4 Å². The third kappa shape index (κ3) is 3.01. The lowest BCUT2D eigenvalue weighted by Crippen LogP contribution is -2.49. The van der Waals surface area contributed by atoms with Crippen LogP contribution in [0.1, 0.15) is 39.5 Å². The largest absolute Gasteiger partial charge is 0.329 e. The van der Waals surface area contributed by atoms with Gasteiger partial charge in [-0.15, -0.1) is 11.8 Å². The molecule has 2 unspecified atom stereocenters. The maximum atomic E-state index is 5.85. The van der Waals surface area contributed by atoms with Crippen LogP contribution in [0.25, 0.3) is 0 Å². The minimum absolute atomic E-state index is 0.217. The quantitative estimate of drug-likeness (QED) is 0.526. The second-order valence-electron chi connectivity index (χ2n) is 4.44. The van der Waals surface area contributed by atoms with Gasteiger partial charge in [-0.2, -0.15) is 0 Å². The average Bonchev–Trinajstić information content (AvgIpc) is 2.56. The van der Waals surface area contributed by atoms with Crippen LogP contribution in [-0.2, 0) is 0 Å². The first-order valence-corrected chi connectivity index (χ1v) is 5.57. The molecular formula is C12H22N2. The summed E-state index contributed by atoms with van der Waals surface area (Å²) in [5.74, 6) is 6.81. The van der Waals surface area contributed by atoms with Crippen molar-refractivity contribution in [1.29, 1.82) is 0 Å². The molecule has 2 nitrogen and oxygen atoms in total. The first-order chi connectivity index (χ1) is 6.72. The second kappa shape index (κ2) is 5.38. The van der Waals surface area contributed by atoms with Crippen LogP contribution in [0, 0.1) is 17.8 Å². The maximum absolute atomic E-state index is 5.85. The smallest absolute Gasteiger partial charge is 0.0307 e. The Balaban J connectivity index is 2.33. The fraction of sp³-hybridized carbons (Fsp3) is 0.833. The topological polar surface area (TPSA) is 38.0 Å². The zero-order chi connectivity index (χ0) is 10.4. The van der Waals surface area contributed by atoms with E-state index in [0.29, 0.717) is 0 Å². The molecule has 0 aliphatic heterocycles. The molecule has 1 aliphatic carbocycles. The van der Waals surface area contributed by atoms with E-state index in [1.807, 2.05) is 6.92 Å². The van der Waals surface area contributed by atoms with E-state index in [2.05, 4.69) is 24.1 Å². The van der Waals surface area contributed by atoms with E-state index in [4.69, 9.17) is 5.73 Å². The Kier molecular flexibility index (Phi) is 4.44. The third-order valence-corrected chi connectivity index (χ3v) is 3.17. The van der Waals surface area contributed by atoms with Crippen molar-refractivity contribution in [3.05, 3.63) is 0 Å². The van der Waals surface area contributed by atoms with Gasteiger partial charge in [0.05, 0.1) is 0 Å². The van der Waals surface area contributed by atoms with Crippen molar-refractivity contribution < 1.29 is 0 Å². The van der Waals surface area contributed by atoms with Crippen molar-refractivity contribution in [3.63, 3.8) is 0 Å². The summed E-state index contributed by atoms with van der Waals surface area (Å²) in [7, 11) is 0. The maximum Gasteiger partial charge on any atom is 0.0307 e. The van der Waals surface area contributed by atoms with Crippen molar-refractivity contribution in [2.24, 2.45) is 11.7 Å². The molecule has 0 aromatic heterocycles. The number of rotatable bonds is 4. The van der Waals surface area contributed by atoms with Gasteiger partial charge >= 0.3 is 0 Å².